The van der Waals surface area contributed by atoms with E-state index in [-0.39, 0.29) is 0 Å². The van der Waals surface area contributed by atoms with Crippen molar-refractivity contribution in [3.63, 3.8) is 0 Å². The van der Waals surface area contributed by atoms with Gasteiger partial charge in [0, 0.05) is 12.0 Å². The molecule has 0 saturated heterocycles. The molecule has 2 aromatic rings. The molecule has 0 radical (unpaired) electrons. The van der Waals surface area contributed by atoms with Gasteiger partial charge >= 0.3 is 0 Å². The van der Waals surface area contributed by atoms with Gasteiger partial charge in [0.1, 0.15) is 0 Å². The Morgan fingerprint density at radius 2 is 1.74 bits per heavy atom. The second-order valence-electron chi connectivity index (χ2n) is 4.30. The molecular formula is C15H11N3O. The summed E-state index contributed by atoms with van der Waals surface area (Å²) in [6.07, 6.45) is 2.70. The summed E-state index contributed by atoms with van der Waals surface area (Å²) >= 11 is 0. The highest BCUT2D eigenvalue weighted by Gasteiger charge is 2.23. The monoisotopic (exact) mass is 249 g/mol. The minimum absolute atomic E-state index is 0.502. The normalized spacial score (nSPS) is 15.3. The molecule has 0 aromatic heterocycles. The standard InChI is InChI=1S/C15H11N3O/c16-10-18-14-7-3-1-5-11(14)9-13(17-19)12-6-2-4-8-15(12)18/h1-8,19H,9H2. The maximum absolute atomic E-state index is 9.44. The molecule has 0 saturated carbocycles. The highest BCUT2D eigenvalue weighted by molar-refractivity contribution is 6.09. The molecule has 0 unspecified atom stereocenters. The average Bonchev–Trinajstić information content (AvgIpc) is 2.61. The van der Waals surface area contributed by atoms with E-state index in [1.807, 2.05) is 48.5 Å². The number of hydrogen-bond donors (Lipinski definition) is 1. The van der Waals surface area contributed by atoms with Crippen molar-refractivity contribution in [3.05, 3.63) is 59.7 Å². The van der Waals surface area contributed by atoms with Gasteiger partial charge < -0.3 is 5.21 Å². The zero-order valence-electron chi connectivity index (χ0n) is 10.1. The second kappa shape index (κ2) is 4.46. The lowest BCUT2D eigenvalue weighted by atomic mass is 10.0. The Kier molecular flexibility index (Phi) is 2.66. The summed E-state index contributed by atoms with van der Waals surface area (Å²) in [6.45, 7) is 0. The molecule has 1 heterocycles. The van der Waals surface area contributed by atoms with Crippen molar-refractivity contribution in [3.8, 4) is 6.19 Å². The van der Waals surface area contributed by atoms with E-state index in [1.54, 1.807) is 4.90 Å². The van der Waals surface area contributed by atoms with E-state index in [0.717, 1.165) is 22.5 Å². The molecule has 1 aliphatic rings. The smallest absolute Gasteiger partial charge is 0.189 e. The van der Waals surface area contributed by atoms with Gasteiger partial charge in [0.25, 0.3) is 0 Å². The van der Waals surface area contributed by atoms with E-state index >= 15 is 0 Å². The van der Waals surface area contributed by atoms with Crippen LogP contribution < -0.4 is 4.90 Å². The van der Waals surface area contributed by atoms with E-state index in [4.69, 9.17) is 0 Å². The average molecular weight is 249 g/mol. The lowest BCUT2D eigenvalue weighted by Crippen LogP contribution is -2.10. The zero-order chi connectivity index (χ0) is 13.2. The lowest BCUT2D eigenvalue weighted by molar-refractivity contribution is 0.318. The van der Waals surface area contributed by atoms with Crippen LogP contribution in [0.4, 0.5) is 11.4 Å². The predicted octanol–water partition coefficient (Wildman–Crippen LogP) is 3.04. The van der Waals surface area contributed by atoms with Crippen LogP contribution in [0.25, 0.3) is 0 Å². The fourth-order valence-corrected chi connectivity index (χ4v) is 2.39. The summed E-state index contributed by atoms with van der Waals surface area (Å²) in [5.74, 6) is 0. The summed E-state index contributed by atoms with van der Waals surface area (Å²) in [5.41, 5.74) is 3.88. The molecule has 0 bridgehead atoms. The number of nitrogens with zero attached hydrogens (tertiary/aromatic N) is 3. The summed E-state index contributed by atoms with van der Waals surface area (Å²) in [4.78, 5) is 1.57. The topological polar surface area (TPSA) is 59.6 Å². The van der Waals surface area contributed by atoms with E-state index in [1.165, 1.54) is 0 Å². The third kappa shape index (κ3) is 1.72. The fourth-order valence-electron chi connectivity index (χ4n) is 2.39. The molecule has 4 nitrogen and oxygen atoms in total. The third-order valence-electron chi connectivity index (χ3n) is 3.27. The van der Waals surface area contributed by atoms with Crippen molar-refractivity contribution < 1.29 is 5.21 Å². The van der Waals surface area contributed by atoms with E-state index < -0.39 is 0 Å². The number of oxime groups is 1. The van der Waals surface area contributed by atoms with Crippen molar-refractivity contribution in [1.82, 2.24) is 0 Å². The number of anilines is 2. The van der Waals surface area contributed by atoms with Gasteiger partial charge in [0.05, 0.1) is 17.1 Å². The molecule has 2 aromatic carbocycles. The fraction of sp³-hybridized carbons (Fsp3) is 0.0667. The van der Waals surface area contributed by atoms with Crippen LogP contribution in [0.3, 0.4) is 0 Å². The van der Waals surface area contributed by atoms with Gasteiger partial charge in [-0.25, -0.2) is 4.90 Å². The van der Waals surface area contributed by atoms with Gasteiger partial charge in [0.15, 0.2) is 6.19 Å². The van der Waals surface area contributed by atoms with E-state index in [2.05, 4.69) is 11.3 Å². The first-order valence-corrected chi connectivity index (χ1v) is 5.93. The molecule has 1 N–H and O–H groups in total. The Hall–Kier alpha value is -2.80. The molecular weight excluding hydrogens is 238 g/mol. The molecule has 0 spiro atoms. The minimum Gasteiger partial charge on any atom is -0.411 e. The van der Waals surface area contributed by atoms with Gasteiger partial charge in [-0.1, -0.05) is 41.6 Å². The molecule has 0 fully saturated rings. The number of fused-ring (bicyclic) bond motifs is 2. The molecule has 4 heteroatoms. The maximum atomic E-state index is 9.44. The quantitative estimate of drug-likeness (QED) is 0.443. The van der Waals surface area contributed by atoms with Gasteiger partial charge in [-0.15, -0.1) is 0 Å². The van der Waals surface area contributed by atoms with Crippen LogP contribution in [0.5, 0.6) is 0 Å². The summed E-state index contributed by atoms with van der Waals surface area (Å²) in [5, 5.41) is 22.1. The molecule has 92 valence electrons. The van der Waals surface area contributed by atoms with Crippen LogP contribution in [0.1, 0.15) is 11.1 Å². The highest BCUT2D eigenvalue weighted by Crippen LogP contribution is 2.35. The summed E-state index contributed by atoms with van der Waals surface area (Å²) in [7, 11) is 0. The predicted molar refractivity (Wildman–Crippen MR) is 72.7 cm³/mol. The molecule has 1 aliphatic heterocycles. The van der Waals surface area contributed by atoms with Crippen LogP contribution in [-0.4, -0.2) is 10.9 Å². The van der Waals surface area contributed by atoms with Gasteiger partial charge in [-0.2, -0.15) is 5.26 Å². The van der Waals surface area contributed by atoms with Crippen LogP contribution in [-0.2, 0) is 6.42 Å². The Bertz CT molecular complexity index is 701. The van der Waals surface area contributed by atoms with Crippen molar-refractivity contribution in [2.24, 2.45) is 5.16 Å². The van der Waals surface area contributed by atoms with E-state index in [9.17, 15) is 10.5 Å². The second-order valence-corrected chi connectivity index (χ2v) is 4.30. The highest BCUT2D eigenvalue weighted by atomic mass is 16.4. The minimum atomic E-state index is 0.502. The number of nitriles is 1. The summed E-state index contributed by atoms with van der Waals surface area (Å²) < 4.78 is 0. The van der Waals surface area contributed by atoms with Crippen LogP contribution >= 0.6 is 0 Å². The Labute approximate surface area is 110 Å². The van der Waals surface area contributed by atoms with Crippen LogP contribution in [0.15, 0.2) is 53.7 Å². The van der Waals surface area contributed by atoms with Gasteiger partial charge in [-0.05, 0) is 17.7 Å². The molecule has 0 amide bonds. The molecule has 0 atom stereocenters. The number of hydrogen-bond acceptors (Lipinski definition) is 4. The van der Waals surface area contributed by atoms with Gasteiger partial charge in [0.2, 0.25) is 0 Å². The molecule has 0 aliphatic carbocycles. The first-order valence-electron chi connectivity index (χ1n) is 5.93. The van der Waals surface area contributed by atoms with Gasteiger partial charge in [-0.3, -0.25) is 0 Å². The van der Waals surface area contributed by atoms with Crippen LogP contribution in [0.2, 0.25) is 0 Å². The first-order chi connectivity index (χ1) is 9.35. The SMILES string of the molecule is N#CN1c2ccccc2CC(=NO)c2ccccc21. The lowest BCUT2D eigenvalue weighted by Gasteiger charge is -2.17. The van der Waals surface area contributed by atoms with Crippen molar-refractivity contribution in [2.45, 2.75) is 6.42 Å². The van der Waals surface area contributed by atoms with Crippen LogP contribution in [0, 0.1) is 11.5 Å². The molecule has 3 rings (SSSR count). The first kappa shape index (κ1) is 11.3. The Morgan fingerprint density at radius 1 is 1.05 bits per heavy atom. The summed E-state index contributed by atoms with van der Waals surface area (Å²) in [6, 6.07) is 15.1. The number of benzene rings is 2. The third-order valence-corrected chi connectivity index (χ3v) is 3.27. The number of rotatable bonds is 0. The van der Waals surface area contributed by atoms with Crippen molar-refractivity contribution >= 4 is 17.1 Å². The van der Waals surface area contributed by atoms with Crippen molar-refractivity contribution in [1.29, 1.82) is 5.26 Å². The van der Waals surface area contributed by atoms with Crippen molar-refractivity contribution in [2.75, 3.05) is 4.90 Å². The van der Waals surface area contributed by atoms with E-state index in [0.29, 0.717) is 12.1 Å². The maximum Gasteiger partial charge on any atom is 0.189 e. The zero-order valence-corrected chi connectivity index (χ0v) is 10.1. The Morgan fingerprint density at radius 3 is 2.47 bits per heavy atom. The molecule has 19 heavy (non-hydrogen) atoms. The number of para-hydroxylation sites is 2. The Balaban J connectivity index is 2.32. The largest absolute Gasteiger partial charge is 0.411 e.